The van der Waals surface area contributed by atoms with Crippen LogP contribution in [0.25, 0.3) is 0 Å². The van der Waals surface area contributed by atoms with E-state index >= 15 is 0 Å². The molecule has 0 rings (SSSR count). The summed E-state index contributed by atoms with van der Waals surface area (Å²) in [5.74, 6) is 0.139. The number of nitrogens with one attached hydrogen (secondary N) is 2. The van der Waals surface area contributed by atoms with Crippen LogP contribution in [-0.4, -0.2) is 24.5 Å². The lowest BCUT2D eigenvalue weighted by atomic mass is 10.1. The van der Waals surface area contributed by atoms with Crippen molar-refractivity contribution in [3.8, 4) is 0 Å². The molecule has 114 valence electrons. The zero-order valence-corrected chi connectivity index (χ0v) is 13.4. The Bertz CT molecular complexity index is 215. The molecule has 1 amide bonds. The summed E-state index contributed by atoms with van der Waals surface area (Å²) in [6.07, 6.45) is 9.77. The van der Waals surface area contributed by atoms with Crippen LogP contribution >= 0.6 is 0 Å². The molecule has 0 saturated carbocycles. The molecule has 0 heterocycles. The summed E-state index contributed by atoms with van der Waals surface area (Å²) < 4.78 is 0. The molecule has 1 atom stereocenters. The van der Waals surface area contributed by atoms with Crippen LogP contribution in [-0.2, 0) is 4.79 Å². The van der Waals surface area contributed by atoms with Crippen molar-refractivity contribution in [2.45, 2.75) is 91.1 Å². The molecular weight excluding hydrogens is 236 g/mol. The van der Waals surface area contributed by atoms with E-state index in [0.717, 1.165) is 19.4 Å². The van der Waals surface area contributed by atoms with Crippen LogP contribution in [0.5, 0.6) is 0 Å². The normalized spacial score (nSPS) is 12.7. The van der Waals surface area contributed by atoms with Crippen molar-refractivity contribution < 1.29 is 4.79 Å². The summed E-state index contributed by atoms with van der Waals surface area (Å²) in [7, 11) is 0. The van der Waals surface area contributed by atoms with Crippen LogP contribution in [0.1, 0.15) is 79.1 Å². The molecule has 0 radical (unpaired) electrons. The molecule has 3 nitrogen and oxygen atoms in total. The van der Waals surface area contributed by atoms with Gasteiger partial charge in [0, 0.05) is 6.04 Å². The van der Waals surface area contributed by atoms with Crippen molar-refractivity contribution in [1.82, 2.24) is 10.6 Å². The van der Waals surface area contributed by atoms with E-state index < -0.39 is 0 Å². The van der Waals surface area contributed by atoms with Crippen LogP contribution in [0.3, 0.4) is 0 Å². The first-order valence-corrected chi connectivity index (χ1v) is 8.19. The molecule has 1 unspecified atom stereocenters. The molecule has 0 aliphatic rings. The van der Waals surface area contributed by atoms with Gasteiger partial charge in [-0.05, 0) is 32.7 Å². The van der Waals surface area contributed by atoms with Crippen molar-refractivity contribution in [2.24, 2.45) is 0 Å². The average molecular weight is 270 g/mol. The number of amides is 1. The molecule has 0 saturated heterocycles. The molecule has 0 spiro atoms. The second-order valence-electron chi connectivity index (χ2n) is 5.47. The SMILES string of the molecule is CCCCCCCCNC(C)C(=O)NC(CC)CC. The van der Waals surface area contributed by atoms with Gasteiger partial charge in [0.05, 0.1) is 6.04 Å². The van der Waals surface area contributed by atoms with E-state index in [1.165, 1.54) is 38.5 Å². The monoisotopic (exact) mass is 270 g/mol. The molecular formula is C16H34N2O. The van der Waals surface area contributed by atoms with Crippen LogP contribution in [0, 0.1) is 0 Å². The summed E-state index contributed by atoms with van der Waals surface area (Å²) in [6.45, 7) is 9.37. The summed E-state index contributed by atoms with van der Waals surface area (Å²) in [5.41, 5.74) is 0. The lowest BCUT2D eigenvalue weighted by Gasteiger charge is -2.19. The fraction of sp³-hybridized carbons (Fsp3) is 0.938. The average Bonchev–Trinajstić information content (AvgIpc) is 2.43. The summed E-state index contributed by atoms with van der Waals surface area (Å²) >= 11 is 0. The fourth-order valence-electron chi connectivity index (χ4n) is 2.14. The van der Waals surface area contributed by atoms with Gasteiger partial charge in [0.2, 0.25) is 5.91 Å². The molecule has 0 fully saturated rings. The fourth-order valence-corrected chi connectivity index (χ4v) is 2.14. The number of hydrogen-bond donors (Lipinski definition) is 2. The smallest absolute Gasteiger partial charge is 0.237 e. The minimum Gasteiger partial charge on any atom is -0.352 e. The Kier molecular flexibility index (Phi) is 12.1. The summed E-state index contributed by atoms with van der Waals surface area (Å²) in [5, 5.41) is 6.40. The Hall–Kier alpha value is -0.570. The largest absolute Gasteiger partial charge is 0.352 e. The quantitative estimate of drug-likeness (QED) is 0.532. The Morgan fingerprint density at radius 2 is 1.53 bits per heavy atom. The first-order chi connectivity index (χ1) is 9.15. The molecule has 0 aromatic rings. The molecule has 0 aromatic heterocycles. The van der Waals surface area contributed by atoms with E-state index in [9.17, 15) is 4.79 Å². The second-order valence-corrected chi connectivity index (χ2v) is 5.47. The standard InChI is InChI=1S/C16H34N2O/c1-5-8-9-10-11-12-13-17-14(4)16(19)18-15(6-2)7-3/h14-15,17H,5-13H2,1-4H3,(H,18,19). The molecule has 19 heavy (non-hydrogen) atoms. The van der Waals surface area contributed by atoms with Gasteiger partial charge in [-0.1, -0.05) is 52.9 Å². The van der Waals surface area contributed by atoms with E-state index in [1.807, 2.05) is 6.92 Å². The maximum atomic E-state index is 11.9. The third kappa shape index (κ3) is 9.94. The van der Waals surface area contributed by atoms with Gasteiger partial charge in [0.15, 0.2) is 0 Å². The second kappa shape index (κ2) is 12.5. The van der Waals surface area contributed by atoms with Crippen LogP contribution in [0.15, 0.2) is 0 Å². The number of hydrogen-bond acceptors (Lipinski definition) is 2. The van der Waals surface area contributed by atoms with E-state index in [1.54, 1.807) is 0 Å². The number of carbonyl (C=O) groups excluding carboxylic acids is 1. The highest BCUT2D eigenvalue weighted by molar-refractivity contribution is 5.81. The van der Waals surface area contributed by atoms with Gasteiger partial charge < -0.3 is 10.6 Å². The Balaban J connectivity index is 3.56. The maximum Gasteiger partial charge on any atom is 0.237 e. The third-order valence-corrected chi connectivity index (χ3v) is 3.71. The van der Waals surface area contributed by atoms with Gasteiger partial charge in [-0.15, -0.1) is 0 Å². The van der Waals surface area contributed by atoms with Crippen LogP contribution in [0.2, 0.25) is 0 Å². The van der Waals surface area contributed by atoms with Crippen LogP contribution in [0.4, 0.5) is 0 Å². The summed E-state index contributed by atoms with van der Waals surface area (Å²) in [4.78, 5) is 11.9. The maximum absolute atomic E-state index is 11.9. The number of unbranched alkanes of at least 4 members (excludes halogenated alkanes) is 5. The zero-order valence-electron chi connectivity index (χ0n) is 13.4. The Labute approximate surface area is 119 Å². The predicted octanol–water partition coefficient (Wildman–Crippen LogP) is 3.63. The first-order valence-electron chi connectivity index (χ1n) is 8.19. The Morgan fingerprint density at radius 3 is 2.11 bits per heavy atom. The Morgan fingerprint density at radius 1 is 0.947 bits per heavy atom. The molecule has 2 N–H and O–H groups in total. The van der Waals surface area contributed by atoms with E-state index in [0.29, 0.717) is 6.04 Å². The van der Waals surface area contributed by atoms with Crippen molar-refractivity contribution >= 4 is 5.91 Å². The highest BCUT2D eigenvalue weighted by Gasteiger charge is 2.14. The zero-order chi connectivity index (χ0) is 14.5. The van der Waals surface area contributed by atoms with Crippen molar-refractivity contribution in [3.63, 3.8) is 0 Å². The molecule has 3 heteroatoms. The highest BCUT2D eigenvalue weighted by Crippen LogP contribution is 2.04. The van der Waals surface area contributed by atoms with Gasteiger partial charge in [0.25, 0.3) is 0 Å². The molecule has 0 bridgehead atoms. The summed E-state index contributed by atoms with van der Waals surface area (Å²) in [6, 6.07) is 0.252. The van der Waals surface area contributed by atoms with Crippen molar-refractivity contribution in [2.75, 3.05) is 6.54 Å². The predicted molar refractivity (Wildman–Crippen MR) is 83.4 cm³/mol. The van der Waals surface area contributed by atoms with Gasteiger partial charge >= 0.3 is 0 Å². The van der Waals surface area contributed by atoms with Gasteiger partial charge in [-0.3, -0.25) is 4.79 Å². The topological polar surface area (TPSA) is 41.1 Å². The van der Waals surface area contributed by atoms with Gasteiger partial charge in [0.1, 0.15) is 0 Å². The first kappa shape index (κ1) is 18.4. The minimum atomic E-state index is -0.0729. The van der Waals surface area contributed by atoms with Crippen LogP contribution < -0.4 is 10.6 Å². The number of carbonyl (C=O) groups is 1. The molecule has 0 aliphatic heterocycles. The molecule has 0 aliphatic carbocycles. The van der Waals surface area contributed by atoms with E-state index in [4.69, 9.17) is 0 Å². The third-order valence-electron chi connectivity index (χ3n) is 3.71. The van der Waals surface area contributed by atoms with Gasteiger partial charge in [-0.25, -0.2) is 0 Å². The molecule has 0 aromatic carbocycles. The van der Waals surface area contributed by atoms with Gasteiger partial charge in [-0.2, -0.15) is 0 Å². The number of rotatable bonds is 12. The van der Waals surface area contributed by atoms with E-state index in [2.05, 4.69) is 31.4 Å². The van der Waals surface area contributed by atoms with Crippen molar-refractivity contribution in [1.29, 1.82) is 0 Å². The lowest BCUT2D eigenvalue weighted by Crippen LogP contribution is -2.46. The minimum absolute atomic E-state index is 0.0729. The lowest BCUT2D eigenvalue weighted by molar-refractivity contribution is -0.123. The highest BCUT2D eigenvalue weighted by atomic mass is 16.2. The van der Waals surface area contributed by atoms with Crippen molar-refractivity contribution in [3.05, 3.63) is 0 Å². The van der Waals surface area contributed by atoms with E-state index in [-0.39, 0.29) is 11.9 Å².